The predicted molar refractivity (Wildman–Crippen MR) is 45.3 cm³/mol. The first-order valence-corrected chi connectivity index (χ1v) is 3.78. The van der Waals surface area contributed by atoms with Crippen LogP contribution in [0.1, 0.15) is 6.42 Å². The van der Waals surface area contributed by atoms with Gasteiger partial charge in [0.05, 0.1) is 0 Å². The van der Waals surface area contributed by atoms with Gasteiger partial charge in [-0.1, -0.05) is 6.42 Å². The second-order valence-corrected chi connectivity index (χ2v) is 2.28. The molecule has 4 heteroatoms. The van der Waals surface area contributed by atoms with Crippen molar-refractivity contribution in [2.24, 2.45) is 0 Å². The molecule has 0 radical (unpaired) electrons. The number of carbonyl (C=O) groups excluding carboxylic acids is 2. The van der Waals surface area contributed by atoms with E-state index in [1.807, 2.05) is 30.3 Å². The minimum absolute atomic E-state index is 0. The zero-order valence-corrected chi connectivity index (χ0v) is 10.3. The third-order valence-corrected chi connectivity index (χ3v) is 1.26. The Morgan fingerprint density at radius 2 is 1.86 bits per heavy atom. The maximum Gasteiger partial charge on any atom is 3.00 e. The van der Waals surface area contributed by atoms with Crippen LogP contribution in [-0.2, 0) is 47.0 Å². The van der Waals surface area contributed by atoms with Crippen molar-refractivity contribution in [1.82, 2.24) is 0 Å². The van der Waals surface area contributed by atoms with Crippen LogP contribution in [0.3, 0.4) is 0 Å². The molecule has 1 fully saturated rings. The van der Waals surface area contributed by atoms with Gasteiger partial charge in [0.1, 0.15) is 0 Å². The van der Waals surface area contributed by atoms with Crippen LogP contribution in [0.4, 0.5) is 0 Å². The van der Waals surface area contributed by atoms with Crippen molar-refractivity contribution in [1.29, 1.82) is 0 Å². The van der Waals surface area contributed by atoms with Gasteiger partial charge in [-0.15, -0.1) is 0 Å². The molecule has 1 aromatic rings. The molecule has 0 aliphatic carbocycles. The summed E-state index contributed by atoms with van der Waals surface area (Å²) in [6, 6.07) is 12.5. The maximum atomic E-state index is 9.98. The van der Waals surface area contributed by atoms with E-state index in [1.165, 1.54) is 6.42 Å². The van der Waals surface area contributed by atoms with E-state index in [0.29, 0.717) is 0 Å². The molecule has 3 nitrogen and oxygen atoms in total. The smallest absolute Gasteiger partial charge is 0.423 e. The molecule has 0 unspecified atom stereocenters. The normalized spacial score (nSPS) is 12.9. The zero-order valence-electron chi connectivity index (χ0n) is 7.47. The van der Waals surface area contributed by atoms with E-state index < -0.39 is 11.9 Å². The standard InChI is InChI=1S/C6H5.C4H3O3.Y/c1-2-4-6-5-3-1;5-3-1-2-4(6)7-3;/h1-5H;1H,2H2;/q2*-1;+3. The van der Waals surface area contributed by atoms with Crippen LogP contribution < -0.4 is 0 Å². The third-order valence-electron chi connectivity index (χ3n) is 1.26. The van der Waals surface area contributed by atoms with Crippen molar-refractivity contribution in [2.75, 3.05) is 0 Å². The zero-order chi connectivity index (χ0) is 9.52. The van der Waals surface area contributed by atoms with Gasteiger partial charge in [-0.3, -0.25) is 16.0 Å². The number of ether oxygens (including phenoxy) is 1. The summed E-state index contributed by atoms with van der Waals surface area (Å²) < 4.78 is 4.03. The summed E-state index contributed by atoms with van der Waals surface area (Å²) in [5.41, 5.74) is 0. The largest absolute Gasteiger partial charge is 3.00 e. The van der Waals surface area contributed by atoms with Crippen molar-refractivity contribution >= 4 is 11.9 Å². The van der Waals surface area contributed by atoms with E-state index in [0.717, 1.165) is 0 Å². The number of benzene rings is 1. The summed E-state index contributed by atoms with van der Waals surface area (Å²) in [7, 11) is 0. The molecule has 1 heterocycles. The molecule has 1 aliphatic heterocycles. The molecule has 1 saturated heterocycles. The summed E-state index contributed by atoms with van der Waals surface area (Å²) in [6.07, 6.45) is 1.35. The molecular formula is C10H8O3Y+. The van der Waals surface area contributed by atoms with Crippen molar-refractivity contribution in [3.63, 3.8) is 0 Å². The topological polar surface area (TPSA) is 43.4 Å². The molecule has 1 aliphatic rings. The molecule has 0 atom stereocenters. The minimum atomic E-state index is -0.523. The molecule has 0 saturated carbocycles. The van der Waals surface area contributed by atoms with Crippen LogP contribution >= 0.6 is 0 Å². The van der Waals surface area contributed by atoms with Crippen LogP contribution in [0.5, 0.6) is 0 Å². The second kappa shape index (κ2) is 7.71. The van der Waals surface area contributed by atoms with Gasteiger partial charge < -0.3 is 4.74 Å². The van der Waals surface area contributed by atoms with Gasteiger partial charge in [0.2, 0.25) is 0 Å². The van der Waals surface area contributed by atoms with E-state index >= 15 is 0 Å². The van der Waals surface area contributed by atoms with Crippen LogP contribution in [0.2, 0.25) is 0 Å². The molecule has 0 N–H and O–H groups in total. The van der Waals surface area contributed by atoms with E-state index in [9.17, 15) is 9.59 Å². The summed E-state index contributed by atoms with van der Waals surface area (Å²) in [5.74, 6) is -0.977. The Morgan fingerprint density at radius 3 is 2.00 bits per heavy atom. The molecule has 14 heavy (non-hydrogen) atoms. The van der Waals surface area contributed by atoms with Gasteiger partial charge >= 0.3 is 32.7 Å². The van der Waals surface area contributed by atoms with Crippen molar-refractivity contribution in [3.05, 3.63) is 42.8 Å². The van der Waals surface area contributed by atoms with E-state index in [-0.39, 0.29) is 39.1 Å². The molecule has 1 aromatic carbocycles. The Bertz CT molecular complexity index is 244. The first kappa shape index (κ1) is 13.3. The molecule has 0 aromatic heterocycles. The summed E-state index contributed by atoms with van der Waals surface area (Å²) in [5, 5.41) is 0. The van der Waals surface area contributed by atoms with Crippen LogP contribution in [-0.4, -0.2) is 11.9 Å². The fourth-order valence-electron chi connectivity index (χ4n) is 0.704. The summed E-state index contributed by atoms with van der Waals surface area (Å²) in [4.78, 5) is 19.9. The van der Waals surface area contributed by atoms with Gasteiger partial charge in [0, 0.05) is 0 Å². The van der Waals surface area contributed by atoms with Gasteiger partial charge in [-0.25, -0.2) is 0 Å². The number of cyclic esters (lactones) is 2. The molecule has 0 bridgehead atoms. The van der Waals surface area contributed by atoms with Gasteiger partial charge in [-0.05, 0) is 0 Å². The van der Waals surface area contributed by atoms with Crippen LogP contribution in [0.25, 0.3) is 0 Å². The van der Waals surface area contributed by atoms with E-state index in [2.05, 4.69) is 10.8 Å². The quantitative estimate of drug-likeness (QED) is 0.401. The molecule has 2 rings (SSSR count). The van der Waals surface area contributed by atoms with Crippen molar-refractivity contribution in [3.8, 4) is 0 Å². The number of esters is 2. The van der Waals surface area contributed by atoms with E-state index in [4.69, 9.17) is 0 Å². The fraction of sp³-hybridized carbons (Fsp3) is 0.100. The molecule has 68 valence electrons. The SMILES string of the molecule is O=C1[CH-]CC(=O)O1.[Y+3].[c-]1ccccc1. The third kappa shape index (κ3) is 5.89. The number of rotatable bonds is 0. The Morgan fingerprint density at radius 1 is 1.21 bits per heavy atom. The monoisotopic (exact) mass is 265 g/mol. The molecule has 0 amide bonds. The predicted octanol–water partition coefficient (Wildman–Crippen LogP) is 1.15. The summed E-state index contributed by atoms with van der Waals surface area (Å²) in [6.45, 7) is 0. The van der Waals surface area contributed by atoms with Crippen molar-refractivity contribution < 1.29 is 47.0 Å². The van der Waals surface area contributed by atoms with Crippen molar-refractivity contribution in [2.45, 2.75) is 6.42 Å². The summed E-state index contributed by atoms with van der Waals surface area (Å²) >= 11 is 0. The molecule has 0 spiro atoms. The minimum Gasteiger partial charge on any atom is -0.423 e. The first-order valence-electron chi connectivity index (χ1n) is 3.78. The average molecular weight is 265 g/mol. The average Bonchev–Trinajstić information content (AvgIpc) is 2.54. The maximum absolute atomic E-state index is 9.98. The fourth-order valence-corrected chi connectivity index (χ4v) is 0.704. The van der Waals surface area contributed by atoms with Gasteiger partial charge in [0.15, 0.2) is 5.97 Å². The Kier molecular flexibility index (Phi) is 7.34. The van der Waals surface area contributed by atoms with Crippen LogP contribution in [0, 0.1) is 12.5 Å². The Hall–Kier alpha value is -0.666. The number of carbonyl (C=O) groups is 2. The van der Waals surface area contributed by atoms with Gasteiger partial charge in [0.25, 0.3) is 5.97 Å². The van der Waals surface area contributed by atoms with Gasteiger partial charge in [-0.2, -0.15) is 36.4 Å². The second-order valence-electron chi connectivity index (χ2n) is 2.28. The first-order chi connectivity index (χ1) is 6.29. The number of hydrogen-bond donors (Lipinski definition) is 0. The van der Waals surface area contributed by atoms with E-state index in [1.54, 1.807) is 0 Å². The Balaban J connectivity index is 0.000000227. The molecular weight excluding hydrogens is 257 g/mol. The Labute approximate surface area is 108 Å². The number of hydrogen-bond acceptors (Lipinski definition) is 3. The van der Waals surface area contributed by atoms with Crippen LogP contribution in [0.15, 0.2) is 30.3 Å².